The van der Waals surface area contributed by atoms with E-state index in [2.05, 4.69) is 172 Å². The number of aromatic nitrogens is 6. The average Bonchev–Trinajstić information content (AvgIpc) is 1.75. The second-order valence-electron chi connectivity index (χ2n) is 25.6. The van der Waals surface area contributed by atoms with Crippen LogP contribution in [0.2, 0.25) is 0 Å². The minimum Gasteiger partial charge on any atom is -0.481 e. The molecule has 0 radical (unpaired) electrons. The van der Waals surface area contributed by atoms with Gasteiger partial charge in [-0.3, -0.25) is 18.7 Å². The largest absolute Gasteiger partial charge is 0.481 e. The molecule has 8 aromatic carbocycles. The first kappa shape index (κ1) is 73.5. The zero-order valence-electron chi connectivity index (χ0n) is 57.0. The second-order valence-corrected chi connectivity index (χ2v) is 28.9. The van der Waals surface area contributed by atoms with Crippen LogP contribution in [0.15, 0.2) is 190 Å². The Labute approximate surface area is 622 Å². The molecular formula is C79H79Br2N9O11S2. The SMILES string of the molecule is COC(=O)C(CCCCCC(=O)CSc1nnc(Br)n1-c1ccc(C2CC2)c2ccccc12)NC(=O)OCC1c2ccccc2-c2ccccc21.COC(=O)C(CCCCN)NC(=O)OCC1c2ccccc2-c2ccccc21.O=C(O)CSc1nnc(Br)n1-c1ccc(C2CC2)c2ccccc12. The maximum Gasteiger partial charge on any atom is 0.407 e. The van der Waals surface area contributed by atoms with Crippen molar-refractivity contribution in [3.63, 3.8) is 0 Å². The normalized spacial score (nSPS) is 14.0. The highest BCUT2D eigenvalue weighted by Gasteiger charge is 2.34. The van der Waals surface area contributed by atoms with E-state index in [0.717, 1.165) is 86.6 Å². The lowest BCUT2D eigenvalue weighted by atomic mass is 9.98. The number of rotatable bonds is 28. The summed E-state index contributed by atoms with van der Waals surface area (Å²) in [6.07, 6.45) is 8.45. The molecule has 10 aromatic rings. The molecule has 4 aliphatic rings. The highest BCUT2D eigenvalue weighted by molar-refractivity contribution is 9.10. The number of Topliss-reactive ketones (excluding diaryl/α,β-unsaturated/α-hetero) is 1. The van der Waals surface area contributed by atoms with Gasteiger partial charge in [0.05, 0.1) is 37.1 Å². The lowest BCUT2D eigenvalue weighted by molar-refractivity contribution is -0.144. The van der Waals surface area contributed by atoms with Crippen LogP contribution in [-0.4, -0.2) is 128 Å². The third-order valence-corrected chi connectivity index (χ3v) is 21.8. The Kier molecular flexibility index (Phi) is 24.9. The number of nitrogens with two attached hydrogens (primary N) is 1. The number of esters is 2. The standard InChI is InChI=1S/C40H39BrN4O5S.C22H26N2O4.C17H14BrN3O2S/c1-49-37(47)35(42-40(48)50-23-34-31-15-7-5-13-29(31)30-14-6-8-16-32(30)34)18-4-2-3-11-26(46)24-51-39-44-43-38(41)45(39)36-22-21-27(25-19-20-25)28-12-9-10-17-33(28)36;1-27-21(25)20(12-6-7-13-23)24-22(26)28-14-19-17-10-4-2-8-15(17)16-9-3-5-11-18(16)19;18-16-19-20-17(24-9-15(22)23)21(16)14-8-7-11(10-5-6-10)12-3-1-2-4-13(12)14/h5-10,12-17,21-22,25,34-35H,2-4,11,18-20,23-24H2,1H3,(H,42,48);2-5,8-11,19-20H,6-7,12-14,23H2,1H3,(H,24,26);1-4,7-8,10H,5-6,9H2,(H,22,23). The quantitative estimate of drug-likeness (QED) is 0.0154. The third-order valence-electron chi connectivity index (χ3n) is 18.9. The molecule has 2 aromatic heterocycles. The Hall–Kier alpha value is -9.20. The van der Waals surface area contributed by atoms with Gasteiger partial charge in [-0.05, 0) is 187 Å². The number of hydrogen-bond donors (Lipinski definition) is 4. The molecule has 5 N–H and O–H groups in total. The molecule has 24 heteroatoms. The van der Waals surface area contributed by atoms with E-state index in [-0.39, 0.29) is 42.3 Å². The summed E-state index contributed by atoms with van der Waals surface area (Å²) in [5, 5.41) is 37.0. The summed E-state index contributed by atoms with van der Waals surface area (Å²) < 4.78 is 25.9. The van der Waals surface area contributed by atoms with Gasteiger partial charge in [-0.1, -0.05) is 194 Å². The third kappa shape index (κ3) is 17.7. The Bertz CT molecular complexity index is 4640. The number of fused-ring (bicyclic) bond motifs is 8. The molecule has 0 aliphatic heterocycles. The molecule has 20 nitrogen and oxygen atoms in total. The minimum atomic E-state index is -0.875. The molecule has 2 fully saturated rings. The topological polar surface area (TPSA) is 271 Å². The Morgan fingerprint density at radius 1 is 0.485 bits per heavy atom. The van der Waals surface area contributed by atoms with Gasteiger partial charge in [-0.25, -0.2) is 19.2 Å². The molecule has 2 heterocycles. The Morgan fingerprint density at radius 2 is 0.864 bits per heavy atom. The number of benzene rings is 8. The maximum absolute atomic E-state index is 12.9. The summed E-state index contributed by atoms with van der Waals surface area (Å²) >= 11 is 9.54. The van der Waals surface area contributed by atoms with Crippen LogP contribution < -0.4 is 16.4 Å². The van der Waals surface area contributed by atoms with E-state index >= 15 is 0 Å². The van der Waals surface area contributed by atoms with E-state index in [1.807, 2.05) is 69.8 Å². The van der Waals surface area contributed by atoms with Crippen molar-refractivity contribution in [1.82, 2.24) is 40.2 Å². The summed E-state index contributed by atoms with van der Waals surface area (Å²) in [5.74, 6) is -0.357. The van der Waals surface area contributed by atoms with Gasteiger partial charge in [0.25, 0.3) is 0 Å². The van der Waals surface area contributed by atoms with Crippen LogP contribution in [0.1, 0.15) is 134 Å². The number of ketones is 1. The Morgan fingerprint density at radius 3 is 1.25 bits per heavy atom. The first-order chi connectivity index (χ1) is 50.2. The van der Waals surface area contributed by atoms with Crippen LogP contribution in [0.3, 0.4) is 0 Å². The summed E-state index contributed by atoms with van der Waals surface area (Å²) in [4.78, 5) is 73.4. The number of unbranched alkanes of at least 4 members (excludes halogenated alkanes) is 3. The number of halogens is 2. The summed E-state index contributed by atoms with van der Waals surface area (Å²) in [6, 6.07) is 56.3. The smallest absolute Gasteiger partial charge is 0.407 e. The van der Waals surface area contributed by atoms with E-state index in [9.17, 15) is 28.8 Å². The van der Waals surface area contributed by atoms with Crippen molar-refractivity contribution in [2.45, 2.75) is 123 Å². The van der Waals surface area contributed by atoms with Crippen molar-refractivity contribution < 1.29 is 52.8 Å². The van der Waals surface area contributed by atoms with E-state index in [1.54, 1.807) is 0 Å². The van der Waals surface area contributed by atoms with Gasteiger partial charge in [-0.15, -0.1) is 20.4 Å². The number of carboxylic acid groups (broad SMARTS) is 1. The van der Waals surface area contributed by atoms with Crippen LogP contribution in [0.25, 0.3) is 55.2 Å². The van der Waals surface area contributed by atoms with Gasteiger partial charge in [0.15, 0.2) is 10.3 Å². The molecule has 2 saturated carbocycles. The van der Waals surface area contributed by atoms with E-state index in [1.165, 1.54) is 84.7 Å². The number of aliphatic carboxylic acids is 1. The molecule has 0 bridgehead atoms. The molecule has 0 spiro atoms. The van der Waals surface area contributed by atoms with Gasteiger partial charge < -0.3 is 40.4 Å². The fourth-order valence-electron chi connectivity index (χ4n) is 13.6. The highest BCUT2D eigenvalue weighted by Crippen LogP contribution is 2.48. The molecule has 532 valence electrons. The zero-order valence-corrected chi connectivity index (χ0v) is 61.8. The lowest BCUT2D eigenvalue weighted by Gasteiger charge is -2.18. The van der Waals surface area contributed by atoms with Crippen molar-refractivity contribution in [3.8, 4) is 33.6 Å². The number of amides is 2. The number of carbonyl (C=O) groups is 6. The number of nitrogens with zero attached hydrogens (tertiary/aromatic N) is 6. The first-order valence-electron chi connectivity index (χ1n) is 34.6. The fourth-order valence-corrected chi connectivity index (χ4v) is 16.3. The van der Waals surface area contributed by atoms with Crippen molar-refractivity contribution in [1.29, 1.82) is 0 Å². The monoisotopic (exact) mass is 1550 g/mol. The van der Waals surface area contributed by atoms with Crippen molar-refractivity contribution >= 4 is 113 Å². The van der Waals surface area contributed by atoms with E-state index < -0.39 is 42.2 Å². The molecule has 0 saturated heterocycles. The number of methoxy groups -OCH3 is 2. The van der Waals surface area contributed by atoms with Crippen LogP contribution >= 0.6 is 55.4 Å². The number of carbonyl (C=O) groups excluding carboxylic acids is 5. The molecule has 2 atom stereocenters. The number of nitrogens with one attached hydrogen (secondary N) is 2. The molecular weight excluding hydrogens is 1470 g/mol. The van der Waals surface area contributed by atoms with Crippen LogP contribution in [0, 0.1) is 0 Å². The van der Waals surface area contributed by atoms with E-state index in [4.69, 9.17) is 29.8 Å². The number of alkyl carbamates (subject to hydrolysis) is 2. The molecule has 4 aliphatic carbocycles. The summed E-state index contributed by atoms with van der Waals surface area (Å²) in [5.41, 5.74) is 19.3. The van der Waals surface area contributed by atoms with Crippen molar-refractivity contribution in [2.24, 2.45) is 5.73 Å². The van der Waals surface area contributed by atoms with Crippen LogP contribution in [-0.2, 0) is 38.1 Å². The molecule has 14 rings (SSSR count). The molecule has 2 amide bonds. The predicted molar refractivity (Wildman–Crippen MR) is 405 cm³/mol. The lowest BCUT2D eigenvalue weighted by Crippen LogP contribution is -2.42. The van der Waals surface area contributed by atoms with Crippen LogP contribution in [0.5, 0.6) is 0 Å². The van der Waals surface area contributed by atoms with Gasteiger partial charge in [-0.2, -0.15) is 0 Å². The summed E-state index contributed by atoms with van der Waals surface area (Å²) in [6.45, 7) is 0.903. The number of thioether (sulfide) groups is 2. The number of carboxylic acids is 1. The first-order valence-corrected chi connectivity index (χ1v) is 38.1. The van der Waals surface area contributed by atoms with Gasteiger partial charge in [0.2, 0.25) is 9.47 Å². The zero-order chi connectivity index (χ0) is 71.9. The van der Waals surface area contributed by atoms with Crippen molar-refractivity contribution in [2.75, 3.05) is 45.5 Å². The number of hydrogen-bond acceptors (Lipinski definition) is 17. The fraction of sp³-hybridized carbons (Fsp3) is 0.316. The molecule has 103 heavy (non-hydrogen) atoms. The molecule has 2 unspecified atom stereocenters. The number of ether oxygens (including phenoxy) is 4. The van der Waals surface area contributed by atoms with Gasteiger partial charge in [0, 0.05) is 29.0 Å². The van der Waals surface area contributed by atoms with Gasteiger partial charge in [0.1, 0.15) is 31.1 Å². The van der Waals surface area contributed by atoms with E-state index in [0.29, 0.717) is 70.3 Å². The minimum absolute atomic E-state index is 0.0213. The average molecular weight is 1550 g/mol. The van der Waals surface area contributed by atoms with Crippen molar-refractivity contribution in [3.05, 3.63) is 213 Å². The summed E-state index contributed by atoms with van der Waals surface area (Å²) in [7, 11) is 2.60. The Balaban J connectivity index is 0.000000161. The predicted octanol–water partition coefficient (Wildman–Crippen LogP) is 16.2. The maximum atomic E-state index is 12.9. The van der Waals surface area contributed by atoms with Gasteiger partial charge >= 0.3 is 30.1 Å². The van der Waals surface area contributed by atoms with Crippen LogP contribution in [0.4, 0.5) is 9.59 Å². The second kappa shape index (κ2) is 34.9. The highest BCUT2D eigenvalue weighted by atomic mass is 79.9.